The first-order chi connectivity index (χ1) is 26.0. The van der Waals surface area contributed by atoms with Crippen LogP contribution in [0.1, 0.15) is 16.7 Å². The van der Waals surface area contributed by atoms with Gasteiger partial charge in [-0.2, -0.15) is 0 Å². The maximum absolute atomic E-state index is 3.49. The molecule has 4 heteroatoms. The molecular formula is C49H36N4. The van der Waals surface area contributed by atoms with Crippen molar-refractivity contribution in [2.24, 2.45) is 0 Å². The van der Waals surface area contributed by atoms with E-state index in [9.17, 15) is 0 Å². The lowest BCUT2D eigenvalue weighted by molar-refractivity contribution is 1.14. The zero-order chi connectivity index (χ0) is 35.4. The van der Waals surface area contributed by atoms with E-state index in [-0.39, 0.29) is 0 Å². The molecule has 4 nitrogen and oxygen atoms in total. The summed E-state index contributed by atoms with van der Waals surface area (Å²) < 4.78 is 7.16. The van der Waals surface area contributed by atoms with Gasteiger partial charge >= 0.3 is 0 Å². The zero-order valence-corrected chi connectivity index (χ0v) is 29.9. The van der Waals surface area contributed by atoms with Crippen molar-refractivity contribution in [2.75, 3.05) is 0 Å². The van der Waals surface area contributed by atoms with E-state index in [0.29, 0.717) is 0 Å². The Hall–Kier alpha value is -6.78. The van der Waals surface area contributed by atoms with E-state index in [1.165, 1.54) is 93.4 Å². The van der Waals surface area contributed by atoms with Gasteiger partial charge in [-0.1, -0.05) is 77.4 Å². The molecule has 0 saturated carbocycles. The number of benzene rings is 7. The molecule has 1 N–H and O–H groups in total. The van der Waals surface area contributed by atoms with Gasteiger partial charge in [0.2, 0.25) is 0 Å². The fourth-order valence-electron chi connectivity index (χ4n) is 8.68. The van der Waals surface area contributed by atoms with E-state index in [2.05, 4.69) is 191 Å². The second-order valence-corrected chi connectivity index (χ2v) is 14.6. The topological polar surface area (TPSA) is 30.6 Å². The molecule has 0 bridgehead atoms. The minimum absolute atomic E-state index is 1.12. The Labute approximate surface area is 306 Å². The lowest BCUT2D eigenvalue weighted by Crippen LogP contribution is -1.96. The molecule has 0 spiro atoms. The summed E-state index contributed by atoms with van der Waals surface area (Å²) in [5.41, 5.74) is 16.9. The van der Waals surface area contributed by atoms with Crippen LogP contribution in [0, 0.1) is 20.8 Å². The van der Waals surface area contributed by atoms with Crippen LogP contribution in [0.5, 0.6) is 0 Å². The summed E-state index contributed by atoms with van der Waals surface area (Å²) in [6.45, 7) is 6.48. The standard InChI is InChI=1S/C49H36N4/c1-30-8-15-36(16-9-30)53-48-22-14-34(28-42(48)39-24-25-50-49(39)53)33-12-17-35(18-13-33)51-44-7-5-4-6-38(44)43-29-37(19-23-47(43)51)52-45-20-10-31(2)26-40(45)41-27-32(3)11-21-46(41)52/h4-29,50H,1-3H3. The smallest absolute Gasteiger partial charge is 0.123 e. The number of hydrogen-bond donors (Lipinski definition) is 1. The van der Waals surface area contributed by atoms with Crippen molar-refractivity contribution in [3.05, 3.63) is 175 Å². The molecule has 0 aliphatic heterocycles. The molecule has 0 saturated heterocycles. The largest absolute Gasteiger partial charge is 0.347 e. The number of aryl methyl sites for hydroxylation is 3. The minimum atomic E-state index is 1.12. The predicted molar refractivity (Wildman–Crippen MR) is 223 cm³/mol. The molecule has 0 aliphatic rings. The van der Waals surface area contributed by atoms with Gasteiger partial charge < -0.3 is 14.1 Å². The quantitative estimate of drug-likeness (QED) is 0.192. The van der Waals surface area contributed by atoms with Crippen molar-refractivity contribution in [1.82, 2.24) is 18.7 Å². The first-order valence-corrected chi connectivity index (χ1v) is 18.3. The number of aromatic nitrogens is 4. The van der Waals surface area contributed by atoms with E-state index in [0.717, 1.165) is 17.0 Å². The van der Waals surface area contributed by atoms with Crippen molar-refractivity contribution in [1.29, 1.82) is 0 Å². The van der Waals surface area contributed by atoms with Crippen LogP contribution < -0.4 is 0 Å². The summed E-state index contributed by atoms with van der Waals surface area (Å²) in [5, 5.41) is 7.57. The Bertz CT molecular complexity index is 3180. The maximum atomic E-state index is 3.49. The van der Waals surface area contributed by atoms with Gasteiger partial charge in [0.25, 0.3) is 0 Å². The van der Waals surface area contributed by atoms with Crippen LogP contribution in [0.15, 0.2) is 158 Å². The summed E-state index contributed by atoms with van der Waals surface area (Å²) in [4.78, 5) is 3.49. The number of para-hydroxylation sites is 1. The van der Waals surface area contributed by atoms with Gasteiger partial charge in [-0.25, -0.2) is 0 Å². The summed E-state index contributed by atoms with van der Waals surface area (Å²) in [5.74, 6) is 0. The third kappa shape index (κ3) is 4.42. The van der Waals surface area contributed by atoms with Gasteiger partial charge in [0, 0.05) is 55.6 Å². The molecule has 4 heterocycles. The predicted octanol–water partition coefficient (Wildman–Crippen LogP) is 12.9. The third-order valence-electron chi connectivity index (χ3n) is 11.2. The molecule has 4 aromatic heterocycles. The van der Waals surface area contributed by atoms with Crippen molar-refractivity contribution in [3.63, 3.8) is 0 Å². The van der Waals surface area contributed by atoms with Gasteiger partial charge in [-0.05, 0) is 123 Å². The Kier molecular flexibility index (Phi) is 6.27. The van der Waals surface area contributed by atoms with Crippen LogP contribution in [0.4, 0.5) is 0 Å². The van der Waals surface area contributed by atoms with Crippen LogP contribution in [0.2, 0.25) is 0 Å². The fourth-order valence-corrected chi connectivity index (χ4v) is 8.68. The second kappa shape index (κ2) is 11.1. The van der Waals surface area contributed by atoms with E-state index in [4.69, 9.17) is 0 Å². The number of nitrogens with zero attached hydrogens (tertiary/aromatic N) is 3. The highest BCUT2D eigenvalue weighted by Gasteiger charge is 2.18. The monoisotopic (exact) mass is 680 g/mol. The second-order valence-electron chi connectivity index (χ2n) is 14.6. The molecule has 53 heavy (non-hydrogen) atoms. The highest BCUT2D eigenvalue weighted by Crippen LogP contribution is 2.39. The van der Waals surface area contributed by atoms with Crippen LogP contribution in [-0.2, 0) is 0 Å². The average molecular weight is 681 g/mol. The number of nitrogens with one attached hydrogen (secondary N) is 1. The number of rotatable bonds is 4. The molecule has 0 unspecified atom stereocenters. The normalized spacial score (nSPS) is 12.1. The van der Waals surface area contributed by atoms with Gasteiger partial charge in [0.05, 0.1) is 27.6 Å². The zero-order valence-electron chi connectivity index (χ0n) is 29.9. The highest BCUT2D eigenvalue weighted by molar-refractivity contribution is 6.13. The summed E-state index contributed by atoms with van der Waals surface area (Å²) in [6.07, 6.45) is 2.04. The molecule has 252 valence electrons. The van der Waals surface area contributed by atoms with Crippen molar-refractivity contribution < 1.29 is 0 Å². The summed E-state index contributed by atoms with van der Waals surface area (Å²) in [7, 11) is 0. The Morgan fingerprint density at radius 2 is 0.830 bits per heavy atom. The van der Waals surface area contributed by atoms with Crippen LogP contribution in [0.3, 0.4) is 0 Å². The Balaban J connectivity index is 1.03. The van der Waals surface area contributed by atoms with Gasteiger partial charge in [-0.3, -0.25) is 4.57 Å². The highest BCUT2D eigenvalue weighted by atomic mass is 15.0. The Morgan fingerprint density at radius 3 is 1.57 bits per heavy atom. The van der Waals surface area contributed by atoms with Crippen LogP contribution in [0.25, 0.3) is 93.7 Å². The van der Waals surface area contributed by atoms with Crippen LogP contribution >= 0.6 is 0 Å². The molecule has 0 radical (unpaired) electrons. The van der Waals surface area contributed by atoms with E-state index >= 15 is 0 Å². The molecule has 11 aromatic rings. The molecule has 0 fully saturated rings. The van der Waals surface area contributed by atoms with Crippen LogP contribution in [-0.4, -0.2) is 18.7 Å². The Morgan fingerprint density at radius 1 is 0.340 bits per heavy atom. The fraction of sp³-hybridized carbons (Fsp3) is 0.0612. The lowest BCUT2D eigenvalue weighted by Gasteiger charge is -2.11. The number of aromatic amines is 1. The van der Waals surface area contributed by atoms with Gasteiger partial charge in [-0.15, -0.1) is 0 Å². The first kappa shape index (κ1) is 29.9. The lowest BCUT2D eigenvalue weighted by atomic mass is 10.0. The SMILES string of the molecule is Cc1ccc(-n2c3ccc(-c4ccc(-n5c6ccccc6c6cc(-n7c8ccc(C)cc8c8cc(C)ccc87)ccc65)cc4)cc3c3cc[nH]c32)cc1. The van der Waals surface area contributed by atoms with E-state index in [1.54, 1.807) is 0 Å². The molecule has 0 amide bonds. The van der Waals surface area contributed by atoms with Gasteiger partial charge in [0.15, 0.2) is 0 Å². The average Bonchev–Trinajstić information content (AvgIpc) is 3.94. The summed E-state index contributed by atoms with van der Waals surface area (Å²) >= 11 is 0. The third-order valence-corrected chi connectivity index (χ3v) is 11.2. The molecule has 11 rings (SSSR count). The molecule has 0 atom stereocenters. The van der Waals surface area contributed by atoms with Crippen molar-refractivity contribution in [2.45, 2.75) is 20.8 Å². The van der Waals surface area contributed by atoms with Gasteiger partial charge in [0.1, 0.15) is 5.65 Å². The number of fused-ring (bicyclic) bond motifs is 9. The van der Waals surface area contributed by atoms with E-state index in [1.807, 2.05) is 6.20 Å². The molecule has 7 aromatic carbocycles. The molecular weight excluding hydrogens is 645 g/mol. The van der Waals surface area contributed by atoms with E-state index < -0.39 is 0 Å². The summed E-state index contributed by atoms with van der Waals surface area (Å²) in [6, 6.07) is 56.2. The minimum Gasteiger partial charge on any atom is -0.347 e. The van der Waals surface area contributed by atoms with Crippen molar-refractivity contribution >= 4 is 65.5 Å². The maximum Gasteiger partial charge on any atom is 0.123 e. The van der Waals surface area contributed by atoms with Crippen molar-refractivity contribution in [3.8, 4) is 28.2 Å². The number of hydrogen-bond acceptors (Lipinski definition) is 0. The first-order valence-electron chi connectivity index (χ1n) is 18.3. The number of H-pyrrole nitrogens is 1. The molecule has 0 aliphatic carbocycles.